The molecule has 5 nitrogen and oxygen atoms in total. The molecule has 0 radical (unpaired) electrons. The van der Waals surface area contributed by atoms with E-state index in [0.29, 0.717) is 26.6 Å². The third kappa shape index (κ3) is 5.35. The highest BCUT2D eigenvalue weighted by molar-refractivity contribution is 8.00. The number of urea groups is 1. The monoisotopic (exact) mass is 424 g/mol. The van der Waals surface area contributed by atoms with Crippen LogP contribution in [0.1, 0.15) is 11.1 Å². The Morgan fingerprint density at radius 2 is 1.88 bits per heavy atom. The van der Waals surface area contributed by atoms with Gasteiger partial charge in [-0.3, -0.25) is 5.32 Å². The van der Waals surface area contributed by atoms with Gasteiger partial charge in [-0.1, -0.05) is 70.1 Å². The summed E-state index contributed by atoms with van der Waals surface area (Å²) in [6, 6.07) is 12.6. The predicted molar refractivity (Wildman–Crippen MR) is 110 cm³/mol. The van der Waals surface area contributed by atoms with Crippen molar-refractivity contribution in [3.05, 3.63) is 63.6 Å². The van der Waals surface area contributed by atoms with Crippen molar-refractivity contribution in [2.75, 3.05) is 10.6 Å². The van der Waals surface area contributed by atoms with Crippen LogP contribution in [0.3, 0.4) is 0 Å². The molecule has 134 valence electrons. The summed E-state index contributed by atoms with van der Waals surface area (Å²) in [6.45, 7) is 1.99. The third-order valence-corrected chi connectivity index (χ3v) is 5.91. The van der Waals surface area contributed by atoms with Crippen LogP contribution in [0, 0.1) is 6.92 Å². The molecule has 0 aliphatic carbocycles. The summed E-state index contributed by atoms with van der Waals surface area (Å²) in [4.78, 5) is 12.0. The number of rotatable bonds is 5. The van der Waals surface area contributed by atoms with E-state index in [1.54, 1.807) is 12.1 Å². The van der Waals surface area contributed by atoms with Crippen LogP contribution in [0.4, 0.5) is 15.6 Å². The van der Waals surface area contributed by atoms with Crippen molar-refractivity contribution < 1.29 is 4.79 Å². The lowest BCUT2D eigenvalue weighted by molar-refractivity contribution is 0.262. The first-order valence-electron chi connectivity index (χ1n) is 7.54. The lowest BCUT2D eigenvalue weighted by atomic mass is 10.2. The Hall–Kier alpha value is -1.80. The number of hydrogen-bond donors (Lipinski definition) is 2. The number of benzene rings is 2. The van der Waals surface area contributed by atoms with Crippen molar-refractivity contribution in [2.45, 2.75) is 17.0 Å². The van der Waals surface area contributed by atoms with Gasteiger partial charge in [0.25, 0.3) is 0 Å². The largest absolute Gasteiger partial charge is 0.325 e. The summed E-state index contributed by atoms with van der Waals surface area (Å²) < 4.78 is 0.738. The van der Waals surface area contributed by atoms with Crippen molar-refractivity contribution in [2.24, 2.45) is 0 Å². The van der Waals surface area contributed by atoms with Crippen LogP contribution in [0.2, 0.25) is 10.0 Å². The summed E-state index contributed by atoms with van der Waals surface area (Å²) in [5, 5.41) is 15.1. The van der Waals surface area contributed by atoms with E-state index >= 15 is 0 Å². The maximum Gasteiger partial charge on any atom is 0.325 e. The number of nitrogens with one attached hydrogen (secondary N) is 2. The second-order valence-electron chi connectivity index (χ2n) is 5.34. The molecule has 0 fully saturated rings. The van der Waals surface area contributed by atoms with Gasteiger partial charge in [0.15, 0.2) is 4.34 Å². The highest BCUT2D eigenvalue weighted by Gasteiger charge is 2.10. The molecule has 0 atom stereocenters. The Morgan fingerprint density at radius 3 is 2.62 bits per heavy atom. The Morgan fingerprint density at radius 1 is 1.12 bits per heavy atom. The number of amides is 2. The van der Waals surface area contributed by atoms with Gasteiger partial charge in [0.1, 0.15) is 0 Å². The molecule has 0 unspecified atom stereocenters. The highest BCUT2D eigenvalue weighted by Crippen LogP contribution is 2.31. The van der Waals surface area contributed by atoms with Crippen molar-refractivity contribution in [1.82, 2.24) is 10.2 Å². The molecule has 1 aromatic heterocycles. The first-order chi connectivity index (χ1) is 12.5. The average Bonchev–Trinajstić information content (AvgIpc) is 3.03. The first kappa shape index (κ1) is 19.0. The summed E-state index contributed by atoms with van der Waals surface area (Å²) in [5.74, 6) is 0.639. The number of carbonyl (C=O) groups excluding carboxylic acids is 1. The number of thioether (sulfide) groups is 1. The Kier molecular flexibility index (Phi) is 6.37. The number of aromatic nitrogens is 2. The number of hydrogen-bond acceptors (Lipinski definition) is 5. The summed E-state index contributed by atoms with van der Waals surface area (Å²) >= 11 is 14.8. The van der Waals surface area contributed by atoms with E-state index in [9.17, 15) is 4.79 Å². The van der Waals surface area contributed by atoms with Gasteiger partial charge >= 0.3 is 6.03 Å². The molecule has 2 amide bonds. The van der Waals surface area contributed by atoms with Crippen LogP contribution in [-0.4, -0.2) is 16.2 Å². The fourth-order valence-corrected chi connectivity index (χ4v) is 4.30. The molecule has 0 aliphatic rings. The van der Waals surface area contributed by atoms with E-state index in [4.69, 9.17) is 23.2 Å². The predicted octanol–water partition coefficient (Wildman–Crippen LogP) is 6.09. The van der Waals surface area contributed by atoms with Crippen LogP contribution in [0.5, 0.6) is 0 Å². The molecular weight excluding hydrogens is 411 g/mol. The lowest BCUT2D eigenvalue weighted by Crippen LogP contribution is -2.19. The minimum Gasteiger partial charge on any atom is -0.308 e. The van der Waals surface area contributed by atoms with Crippen molar-refractivity contribution in [3.8, 4) is 0 Å². The van der Waals surface area contributed by atoms with E-state index < -0.39 is 0 Å². The topological polar surface area (TPSA) is 66.9 Å². The molecule has 3 rings (SSSR count). The van der Waals surface area contributed by atoms with Gasteiger partial charge in [-0.25, -0.2) is 4.79 Å². The van der Waals surface area contributed by atoms with Gasteiger partial charge in [0.2, 0.25) is 5.13 Å². The normalized spacial score (nSPS) is 10.6. The second-order valence-corrected chi connectivity index (χ2v) is 8.39. The average molecular weight is 425 g/mol. The molecule has 3 aromatic rings. The zero-order valence-electron chi connectivity index (χ0n) is 13.6. The van der Waals surface area contributed by atoms with Crippen LogP contribution in [0.15, 0.2) is 46.8 Å². The van der Waals surface area contributed by atoms with Crippen LogP contribution >= 0.6 is 46.3 Å². The smallest absolute Gasteiger partial charge is 0.308 e. The van der Waals surface area contributed by atoms with Crippen molar-refractivity contribution >= 4 is 63.2 Å². The molecule has 0 spiro atoms. The zero-order valence-corrected chi connectivity index (χ0v) is 16.8. The maximum atomic E-state index is 12.0. The van der Waals surface area contributed by atoms with Gasteiger partial charge < -0.3 is 5.32 Å². The lowest BCUT2D eigenvalue weighted by Gasteiger charge is -2.05. The molecule has 0 saturated carbocycles. The van der Waals surface area contributed by atoms with Crippen molar-refractivity contribution in [3.63, 3.8) is 0 Å². The minimum atomic E-state index is -0.359. The molecule has 9 heteroatoms. The van der Waals surface area contributed by atoms with E-state index in [0.717, 1.165) is 15.5 Å². The van der Waals surface area contributed by atoms with E-state index in [1.165, 1.54) is 23.1 Å². The first-order valence-corrected chi connectivity index (χ1v) is 10.1. The molecule has 0 bridgehead atoms. The SMILES string of the molecule is Cc1ccc(NC(=O)Nc2nnc(SCc3ccc(Cl)cc3Cl)s2)cc1. The molecule has 26 heavy (non-hydrogen) atoms. The van der Waals surface area contributed by atoms with Crippen LogP contribution in [-0.2, 0) is 5.75 Å². The Labute approximate surface area is 169 Å². The van der Waals surface area contributed by atoms with Gasteiger partial charge in [-0.15, -0.1) is 10.2 Å². The molecule has 0 saturated heterocycles. The maximum absolute atomic E-state index is 12.0. The quantitative estimate of drug-likeness (QED) is 0.384. The number of carbonyl (C=O) groups is 1. The number of anilines is 2. The Bertz CT molecular complexity index is 915. The van der Waals surface area contributed by atoms with Crippen molar-refractivity contribution in [1.29, 1.82) is 0 Å². The Balaban J connectivity index is 1.54. The minimum absolute atomic E-state index is 0.359. The van der Waals surface area contributed by atoms with E-state index in [1.807, 2.05) is 37.3 Å². The van der Waals surface area contributed by atoms with Gasteiger partial charge in [0, 0.05) is 21.5 Å². The number of nitrogens with zero attached hydrogens (tertiary/aromatic N) is 2. The van der Waals surface area contributed by atoms with Gasteiger partial charge in [0.05, 0.1) is 0 Å². The second kappa shape index (κ2) is 8.73. The standard InChI is InChI=1S/C17H14Cl2N4OS2/c1-10-2-6-13(7-3-10)20-15(24)21-16-22-23-17(26-16)25-9-11-4-5-12(18)8-14(11)19/h2-8H,9H2,1H3,(H2,20,21,22,24). The van der Waals surface area contributed by atoms with Gasteiger partial charge in [-0.2, -0.15) is 0 Å². The number of halogens is 2. The van der Waals surface area contributed by atoms with Crippen LogP contribution < -0.4 is 10.6 Å². The number of aryl methyl sites for hydroxylation is 1. The molecule has 2 N–H and O–H groups in total. The van der Waals surface area contributed by atoms with Gasteiger partial charge in [-0.05, 0) is 36.8 Å². The molecule has 2 aromatic carbocycles. The summed E-state index contributed by atoms with van der Waals surface area (Å²) in [7, 11) is 0. The molecule has 0 aliphatic heterocycles. The zero-order chi connectivity index (χ0) is 18.5. The summed E-state index contributed by atoms with van der Waals surface area (Å²) in [6.07, 6.45) is 0. The fraction of sp³-hybridized carbons (Fsp3) is 0.118. The van der Waals surface area contributed by atoms with E-state index in [2.05, 4.69) is 20.8 Å². The van der Waals surface area contributed by atoms with E-state index in [-0.39, 0.29) is 6.03 Å². The molecular formula is C17H14Cl2N4OS2. The van der Waals surface area contributed by atoms with Crippen LogP contribution in [0.25, 0.3) is 0 Å². The fourth-order valence-electron chi connectivity index (χ4n) is 1.99. The third-order valence-electron chi connectivity index (χ3n) is 3.30. The molecule has 1 heterocycles. The highest BCUT2D eigenvalue weighted by atomic mass is 35.5. The summed E-state index contributed by atoms with van der Waals surface area (Å²) in [5.41, 5.74) is 2.80.